The van der Waals surface area contributed by atoms with Crippen LogP contribution in [0.1, 0.15) is 27.2 Å². The van der Waals surface area contributed by atoms with Crippen LogP contribution in [0.3, 0.4) is 0 Å². The molecule has 2 rings (SSSR count). The third-order valence-electron chi connectivity index (χ3n) is 4.54. The molecule has 1 amide bonds. The van der Waals surface area contributed by atoms with Crippen LogP contribution >= 0.6 is 0 Å². The maximum Gasteiger partial charge on any atom is 0.239 e. The van der Waals surface area contributed by atoms with Gasteiger partial charge in [0.15, 0.2) is 0 Å². The molecule has 2 saturated heterocycles. The van der Waals surface area contributed by atoms with Gasteiger partial charge in [-0.1, -0.05) is 13.8 Å². The maximum absolute atomic E-state index is 12.5. The van der Waals surface area contributed by atoms with Crippen molar-refractivity contribution in [2.75, 3.05) is 39.3 Å². The van der Waals surface area contributed by atoms with Crippen molar-refractivity contribution in [3.05, 3.63) is 0 Å². The Morgan fingerprint density at radius 1 is 1.17 bits per heavy atom. The Balaban J connectivity index is 1.87. The topological polar surface area (TPSA) is 35.6 Å². The number of nitrogens with one attached hydrogen (secondary N) is 1. The molecule has 0 bridgehead atoms. The van der Waals surface area contributed by atoms with E-state index in [1.54, 1.807) is 0 Å². The Hall–Kier alpha value is -0.610. The highest BCUT2D eigenvalue weighted by atomic mass is 16.2. The summed E-state index contributed by atoms with van der Waals surface area (Å²) in [5, 5.41) is 3.33. The second-order valence-electron chi connectivity index (χ2n) is 6.04. The Morgan fingerprint density at radius 2 is 1.83 bits per heavy atom. The number of hydrogen-bond acceptors (Lipinski definition) is 3. The number of hydrogen-bond donors (Lipinski definition) is 1. The number of carbonyl (C=O) groups excluding carboxylic acids is 1. The van der Waals surface area contributed by atoms with Crippen molar-refractivity contribution in [1.82, 2.24) is 15.1 Å². The molecule has 0 aliphatic carbocycles. The van der Waals surface area contributed by atoms with Crippen LogP contribution in [0.15, 0.2) is 0 Å². The lowest BCUT2D eigenvalue weighted by molar-refractivity contribution is -0.135. The summed E-state index contributed by atoms with van der Waals surface area (Å²) >= 11 is 0. The summed E-state index contributed by atoms with van der Waals surface area (Å²) in [6.07, 6.45) is 1.18. The van der Waals surface area contributed by atoms with Crippen LogP contribution in [0, 0.1) is 11.8 Å². The van der Waals surface area contributed by atoms with Crippen molar-refractivity contribution >= 4 is 5.91 Å². The lowest BCUT2D eigenvalue weighted by Crippen LogP contribution is -2.53. The van der Waals surface area contributed by atoms with Crippen LogP contribution in [0.4, 0.5) is 0 Å². The van der Waals surface area contributed by atoms with Gasteiger partial charge in [0.05, 0.1) is 6.04 Å². The Morgan fingerprint density at radius 3 is 2.39 bits per heavy atom. The van der Waals surface area contributed by atoms with E-state index in [1.807, 2.05) is 0 Å². The first-order valence-electron chi connectivity index (χ1n) is 7.33. The number of carbonyl (C=O) groups is 1. The molecule has 104 valence electrons. The molecule has 0 radical (unpaired) electrons. The second-order valence-corrected chi connectivity index (χ2v) is 6.04. The minimum Gasteiger partial charge on any atom is -0.341 e. The highest BCUT2D eigenvalue weighted by Crippen LogP contribution is 2.24. The normalized spacial score (nSPS) is 27.8. The second kappa shape index (κ2) is 6.02. The van der Waals surface area contributed by atoms with Gasteiger partial charge in [0.25, 0.3) is 0 Å². The fraction of sp³-hybridized carbons (Fsp3) is 0.929. The van der Waals surface area contributed by atoms with E-state index in [9.17, 15) is 4.79 Å². The fourth-order valence-electron chi connectivity index (χ4n) is 3.02. The van der Waals surface area contributed by atoms with E-state index in [1.165, 1.54) is 6.42 Å². The minimum atomic E-state index is 0.0537. The summed E-state index contributed by atoms with van der Waals surface area (Å²) in [5.74, 6) is 1.72. The Bertz CT molecular complexity index is 287. The third kappa shape index (κ3) is 3.04. The molecule has 2 aliphatic heterocycles. The first-order valence-corrected chi connectivity index (χ1v) is 7.33. The van der Waals surface area contributed by atoms with E-state index in [0.717, 1.165) is 39.3 Å². The predicted octanol–water partition coefficient (Wildman–Crippen LogP) is 0.785. The zero-order valence-corrected chi connectivity index (χ0v) is 12.0. The van der Waals surface area contributed by atoms with Crippen molar-refractivity contribution in [2.45, 2.75) is 33.2 Å². The molecule has 2 heterocycles. The van der Waals surface area contributed by atoms with Crippen LogP contribution in [-0.2, 0) is 4.79 Å². The minimum absolute atomic E-state index is 0.0537. The van der Waals surface area contributed by atoms with Crippen molar-refractivity contribution in [3.8, 4) is 0 Å². The molecule has 1 N–H and O–H groups in total. The van der Waals surface area contributed by atoms with Gasteiger partial charge in [-0.3, -0.25) is 9.69 Å². The largest absolute Gasteiger partial charge is 0.341 e. The van der Waals surface area contributed by atoms with Crippen LogP contribution in [0.2, 0.25) is 0 Å². The van der Waals surface area contributed by atoms with Gasteiger partial charge in [0.1, 0.15) is 0 Å². The molecule has 2 unspecified atom stereocenters. The molecule has 2 aliphatic rings. The van der Waals surface area contributed by atoms with Crippen LogP contribution in [0.5, 0.6) is 0 Å². The molecular weight excluding hydrogens is 226 g/mol. The molecule has 4 nitrogen and oxygen atoms in total. The quantitative estimate of drug-likeness (QED) is 0.807. The number of piperazine rings is 1. The van der Waals surface area contributed by atoms with Gasteiger partial charge in [0.2, 0.25) is 5.91 Å². The standard InChI is InChI=1S/C14H27N3O/c1-11(2)13-4-7-17(10-13)14(18)12(3)16-8-5-15-6-9-16/h11-13,15H,4-10H2,1-3H3. The summed E-state index contributed by atoms with van der Waals surface area (Å²) in [5.41, 5.74) is 0. The summed E-state index contributed by atoms with van der Waals surface area (Å²) in [6.45, 7) is 12.5. The lowest BCUT2D eigenvalue weighted by Gasteiger charge is -2.34. The number of rotatable bonds is 3. The zero-order chi connectivity index (χ0) is 13.1. The Labute approximate surface area is 111 Å². The molecule has 0 aromatic heterocycles. The van der Waals surface area contributed by atoms with E-state index >= 15 is 0 Å². The van der Waals surface area contributed by atoms with Gasteiger partial charge in [-0.05, 0) is 25.2 Å². The van der Waals surface area contributed by atoms with Crippen molar-refractivity contribution < 1.29 is 4.79 Å². The van der Waals surface area contributed by atoms with Crippen molar-refractivity contribution in [3.63, 3.8) is 0 Å². The molecule has 0 aromatic rings. The number of likely N-dealkylation sites (tertiary alicyclic amines) is 1. The zero-order valence-electron chi connectivity index (χ0n) is 12.0. The smallest absolute Gasteiger partial charge is 0.239 e. The van der Waals surface area contributed by atoms with E-state index in [4.69, 9.17) is 0 Å². The molecule has 18 heavy (non-hydrogen) atoms. The SMILES string of the molecule is CC(C)C1CCN(C(=O)C(C)N2CCNCC2)C1. The van der Waals surface area contributed by atoms with Gasteiger partial charge in [0, 0.05) is 39.3 Å². The molecule has 0 aromatic carbocycles. The third-order valence-corrected chi connectivity index (χ3v) is 4.54. The molecule has 4 heteroatoms. The van der Waals surface area contributed by atoms with Gasteiger partial charge in [-0.25, -0.2) is 0 Å². The summed E-state index contributed by atoms with van der Waals surface area (Å²) in [6, 6.07) is 0.0537. The number of nitrogens with zero attached hydrogens (tertiary/aromatic N) is 2. The first-order chi connectivity index (χ1) is 8.59. The van der Waals surface area contributed by atoms with E-state index in [-0.39, 0.29) is 6.04 Å². The average molecular weight is 253 g/mol. The first kappa shape index (κ1) is 13.8. The maximum atomic E-state index is 12.5. The van der Waals surface area contributed by atoms with Gasteiger partial charge >= 0.3 is 0 Å². The molecular formula is C14H27N3O. The Kier molecular flexibility index (Phi) is 4.62. The van der Waals surface area contributed by atoms with E-state index in [0.29, 0.717) is 17.7 Å². The van der Waals surface area contributed by atoms with Crippen molar-refractivity contribution in [2.24, 2.45) is 11.8 Å². The van der Waals surface area contributed by atoms with Crippen LogP contribution < -0.4 is 5.32 Å². The summed E-state index contributed by atoms with van der Waals surface area (Å²) in [7, 11) is 0. The highest BCUT2D eigenvalue weighted by molar-refractivity contribution is 5.81. The van der Waals surface area contributed by atoms with Gasteiger partial charge in [-0.15, -0.1) is 0 Å². The summed E-state index contributed by atoms with van der Waals surface area (Å²) in [4.78, 5) is 16.9. The average Bonchev–Trinajstić information content (AvgIpc) is 2.88. The highest BCUT2D eigenvalue weighted by Gasteiger charge is 2.32. The lowest BCUT2D eigenvalue weighted by atomic mass is 9.95. The van der Waals surface area contributed by atoms with Crippen molar-refractivity contribution in [1.29, 1.82) is 0 Å². The molecule has 0 saturated carbocycles. The molecule has 0 spiro atoms. The number of amides is 1. The van der Waals surface area contributed by atoms with E-state index < -0.39 is 0 Å². The fourth-order valence-corrected chi connectivity index (χ4v) is 3.02. The molecule has 2 fully saturated rings. The predicted molar refractivity (Wildman–Crippen MR) is 73.4 cm³/mol. The van der Waals surface area contributed by atoms with Gasteiger partial charge < -0.3 is 10.2 Å². The van der Waals surface area contributed by atoms with E-state index in [2.05, 4.69) is 35.9 Å². The van der Waals surface area contributed by atoms with Crippen LogP contribution in [0.25, 0.3) is 0 Å². The molecule has 2 atom stereocenters. The summed E-state index contributed by atoms with van der Waals surface area (Å²) < 4.78 is 0. The van der Waals surface area contributed by atoms with Crippen LogP contribution in [-0.4, -0.2) is 61.0 Å². The monoisotopic (exact) mass is 253 g/mol. The van der Waals surface area contributed by atoms with Gasteiger partial charge in [-0.2, -0.15) is 0 Å².